The third-order valence-corrected chi connectivity index (χ3v) is 6.66. The van der Waals surface area contributed by atoms with Crippen LogP contribution in [0.4, 0.5) is 5.69 Å². The topological polar surface area (TPSA) is 117 Å². The highest BCUT2D eigenvalue weighted by Gasteiger charge is 2.19. The number of sulfonamides is 1. The summed E-state index contributed by atoms with van der Waals surface area (Å²) >= 11 is 0. The molecule has 3 heterocycles. The van der Waals surface area contributed by atoms with E-state index in [9.17, 15) is 8.42 Å². The number of imidazole rings is 1. The molecule has 0 spiro atoms. The van der Waals surface area contributed by atoms with E-state index in [0.29, 0.717) is 47.8 Å². The van der Waals surface area contributed by atoms with Crippen molar-refractivity contribution in [2.75, 3.05) is 17.9 Å². The Hall–Kier alpha value is -4.12. The molecule has 0 saturated heterocycles. The number of nitrogens with zero attached hydrogens (tertiary/aromatic N) is 4. The third-order valence-electron chi connectivity index (χ3n) is 5.28. The molecular formula is C23H21N5O5S. The van der Waals surface area contributed by atoms with E-state index in [0.717, 1.165) is 11.4 Å². The van der Waals surface area contributed by atoms with Crippen LogP contribution >= 0.6 is 0 Å². The van der Waals surface area contributed by atoms with Crippen molar-refractivity contribution in [3.63, 3.8) is 0 Å². The molecular weight excluding hydrogens is 458 g/mol. The molecule has 1 N–H and O–H groups in total. The average Bonchev–Trinajstić information content (AvgIpc) is 3.18. The minimum atomic E-state index is -3.81. The number of hydrogen-bond acceptors (Lipinski definition) is 8. The Bertz CT molecular complexity index is 1430. The zero-order valence-electron chi connectivity index (χ0n) is 18.4. The fourth-order valence-electron chi connectivity index (χ4n) is 3.34. The Labute approximate surface area is 196 Å². The lowest BCUT2D eigenvalue weighted by atomic mass is 10.3. The van der Waals surface area contributed by atoms with Crippen LogP contribution in [0, 0.1) is 13.8 Å². The van der Waals surface area contributed by atoms with Gasteiger partial charge in [0.2, 0.25) is 5.88 Å². The monoisotopic (exact) mass is 479 g/mol. The van der Waals surface area contributed by atoms with E-state index < -0.39 is 10.0 Å². The first kappa shape index (κ1) is 21.7. The van der Waals surface area contributed by atoms with Crippen molar-refractivity contribution in [3.05, 3.63) is 72.3 Å². The normalized spacial score (nSPS) is 12.9. The highest BCUT2D eigenvalue weighted by atomic mass is 32.2. The minimum Gasteiger partial charge on any atom is -0.486 e. The standard InChI is InChI=1S/C23H21N5O5S/c1-15-16(2)28(14-24-15)22-9-10-23(26-25-22)33-18-5-3-17(4-6-18)27-34(29,30)19-7-8-20-21(13-19)32-12-11-31-20/h3-10,13-14,27H,11-12H2,1-2H3. The van der Waals surface area contributed by atoms with Gasteiger partial charge < -0.3 is 14.2 Å². The van der Waals surface area contributed by atoms with E-state index in [1.165, 1.54) is 12.1 Å². The van der Waals surface area contributed by atoms with Crippen molar-refractivity contribution >= 4 is 15.7 Å². The number of nitrogens with one attached hydrogen (secondary N) is 1. The summed E-state index contributed by atoms with van der Waals surface area (Å²) in [5.41, 5.74) is 2.29. The van der Waals surface area contributed by atoms with Crippen molar-refractivity contribution in [1.29, 1.82) is 0 Å². The zero-order valence-corrected chi connectivity index (χ0v) is 19.2. The molecule has 2 aromatic carbocycles. The summed E-state index contributed by atoms with van der Waals surface area (Å²) in [5.74, 6) is 2.36. The quantitative estimate of drug-likeness (QED) is 0.445. The van der Waals surface area contributed by atoms with Gasteiger partial charge in [0.05, 0.1) is 10.6 Å². The molecule has 1 aliphatic rings. The van der Waals surface area contributed by atoms with Gasteiger partial charge in [-0.2, -0.15) is 0 Å². The molecule has 0 amide bonds. The maximum atomic E-state index is 12.8. The van der Waals surface area contributed by atoms with Gasteiger partial charge in [-0.1, -0.05) is 0 Å². The highest BCUT2D eigenvalue weighted by molar-refractivity contribution is 7.92. The number of fused-ring (bicyclic) bond motifs is 1. The fourth-order valence-corrected chi connectivity index (χ4v) is 4.42. The van der Waals surface area contributed by atoms with Gasteiger partial charge in [0.25, 0.3) is 10.0 Å². The SMILES string of the molecule is Cc1ncn(-c2ccc(Oc3ccc(NS(=O)(=O)c4ccc5c(c4)OCCO5)cc3)nn2)c1C. The maximum Gasteiger partial charge on any atom is 0.262 e. The molecule has 0 saturated carbocycles. The Balaban J connectivity index is 1.26. The molecule has 0 atom stereocenters. The van der Waals surface area contributed by atoms with Crippen LogP contribution in [0.3, 0.4) is 0 Å². The zero-order chi connectivity index (χ0) is 23.7. The van der Waals surface area contributed by atoms with Crippen LogP contribution in [0.5, 0.6) is 23.1 Å². The van der Waals surface area contributed by atoms with E-state index >= 15 is 0 Å². The third kappa shape index (κ3) is 4.37. The molecule has 11 heteroatoms. The van der Waals surface area contributed by atoms with Crippen LogP contribution in [-0.2, 0) is 10.0 Å². The molecule has 0 unspecified atom stereocenters. The lowest BCUT2D eigenvalue weighted by molar-refractivity contribution is 0.171. The number of aromatic nitrogens is 4. The molecule has 10 nitrogen and oxygen atoms in total. The summed E-state index contributed by atoms with van der Waals surface area (Å²) in [6.07, 6.45) is 1.69. The van der Waals surface area contributed by atoms with E-state index in [2.05, 4.69) is 19.9 Å². The second kappa shape index (κ2) is 8.67. The average molecular weight is 480 g/mol. The Morgan fingerprint density at radius 3 is 2.38 bits per heavy atom. The first-order valence-corrected chi connectivity index (χ1v) is 11.9. The molecule has 0 fully saturated rings. The van der Waals surface area contributed by atoms with E-state index in [1.807, 2.05) is 18.4 Å². The summed E-state index contributed by atoms with van der Waals surface area (Å²) in [6, 6.07) is 14.5. The van der Waals surface area contributed by atoms with Gasteiger partial charge in [0.15, 0.2) is 17.3 Å². The van der Waals surface area contributed by atoms with Crippen LogP contribution in [0.25, 0.3) is 5.82 Å². The van der Waals surface area contributed by atoms with Crippen molar-refractivity contribution < 1.29 is 22.6 Å². The smallest absolute Gasteiger partial charge is 0.262 e. The van der Waals surface area contributed by atoms with Gasteiger partial charge in [-0.05, 0) is 56.3 Å². The fraction of sp³-hybridized carbons (Fsp3) is 0.174. The predicted octanol–water partition coefficient (Wildman–Crippen LogP) is 3.64. The Morgan fingerprint density at radius 2 is 1.71 bits per heavy atom. The summed E-state index contributed by atoms with van der Waals surface area (Å²) in [4.78, 5) is 4.34. The lowest BCUT2D eigenvalue weighted by Gasteiger charge is -2.19. The van der Waals surface area contributed by atoms with Crippen LogP contribution in [0.15, 0.2) is 65.8 Å². The van der Waals surface area contributed by atoms with Crippen LogP contribution < -0.4 is 18.9 Å². The largest absolute Gasteiger partial charge is 0.486 e. The highest BCUT2D eigenvalue weighted by Crippen LogP contribution is 2.33. The molecule has 1 aliphatic heterocycles. The number of hydrogen-bond donors (Lipinski definition) is 1. The van der Waals surface area contributed by atoms with Crippen molar-refractivity contribution in [3.8, 4) is 28.9 Å². The number of benzene rings is 2. The Morgan fingerprint density at radius 1 is 0.941 bits per heavy atom. The first-order chi connectivity index (χ1) is 16.4. The summed E-state index contributed by atoms with van der Waals surface area (Å²) in [6.45, 7) is 4.70. The van der Waals surface area contributed by atoms with Crippen LogP contribution in [0.1, 0.15) is 11.4 Å². The second-order valence-electron chi connectivity index (χ2n) is 7.55. The Kier molecular flexibility index (Phi) is 5.54. The van der Waals surface area contributed by atoms with E-state index in [1.54, 1.807) is 48.8 Å². The van der Waals surface area contributed by atoms with E-state index in [-0.39, 0.29) is 4.90 Å². The predicted molar refractivity (Wildman–Crippen MR) is 123 cm³/mol. The first-order valence-electron chi connectivity index (χ1n) is 10.4. The molecule has 0 radical (unpaired) electrons. The van der Waals surface area contributed by atoms with Gasteiger partial charge in [-0.15, -0.1) is 10.2 Å². The molecule has 5 rings (SSSR count). The second-order valence-corrected chi connectivity index (χ2v) is 9.23. The number of anilines is 1. The molecule has 2 aromatic heterocycles. The lowest BCUT2D eigenvalue weighted by Crippen LogP contribution is -2.17. The van der Waals surface area contributed by atoms with Gasteiger partial charge in [-0.3, -0.25) is 9.29 Å². The molecule has 4 aromatic rings. The van der Waals surface area contributed by atoms with Gasteiger partial charge in [0.1, 0.15) is 25.3 Å². The maximum absolute atomic E-state index is 12.8. The summed E-state index contributed by atoms with van der Waals surface area (Å²) in [7, 11) is -3.81. The molecule has 174 valence electrons. The molecule has 0 bridgehead atoms. The molecule has 0 aliphatic carbocycles. The van der Waals surface area contributed by atoms with Gasteiger partial charge in [0, 0.05) is 23.5 Å². The number of ether oxygens (including phenoxy) is 3. The van der Waals surface area contributed by atoms with Crippen LogP contribution in [0.2, 0.25) is 0 Å². The molecule has 34 heavy (non-hydrogen) atoms. The summed E-state index contributed by atoms with van der Waals surface area (Å²) < 4.78 is 46.6. The van der Waals surface area contributed by atoms with E-state index in [4.69, 9.17) is 14.2 Å². The van der Waals surface area contributed by atoms with Gasteiger partial charge >= 0.3 is 0 Å². The number of aryl methyl sites for hydroxylation is 1. The van der Waals surface area contributed by atoms with Gasteiger partial charge in [-0.25, -0.2) is 13.4 Å². The van der Waals surface area contributed by atoms with Crippen molar-refractivity contribution in [1.82, 2.24) is 19.7 Å². The van der Waals surface area contributed by atoms with Crippen LogP contribution in [-0.4, -0.2) is 41.4 Å². The minimum absolute atomic E-state index is 0.0794. The number of rotatable bonds is 6. The summed E-state index contributed by atoms with van der Waals surface area (Å²) in [5, 5.41) is 8.29. The van der Waals surface area contributed by atoms with Crippen molar-refractivity contribution in [2.45, 2.75) is 18.7 Å². The van der Waals surface area contributed by atoms with Crippen molar-refractivity contribution in [2.24, 2.45) is 0 Å².